The predicted octanol–water partition coefficient (Wildman–Crippen LogP) is 6.74. The van der Waals surface area contributed by atoms with Crippen molar-refractivity contribution in [1.82, 2.24) is 19.8 Å². The number of piperazine rings is 1. The minimum atomic E-state index is -1.23. The number of amides is 1. The molecule has 3 N–H and O–H groups in total. The van der Waals surface area contributed by atoms with E-state index in [0.29, 0.717) is 11.3 Å². The fourth-order valence-corrected chi connectivity index (χ4v) is 7.12. The van der Waals surface area contributed by atoms with Gasteiger partial charge < -0.3 is 20.9 Å². The molecule has 14 heteroatoms. The summed E-state index contributed by atoms with van der Waals surface area (Å²) in [5, 5.41) is 12.8. The number of allylic oxidation sites excluding steroid dienone is 2. The Morgan fingerprint density at radius 1 is 1.19 bits per heavy atom. The highest BCUT2D eigenvalue weighted by atomic mass is 35.5. The van der Waals surface area contributed by atoms with Gasteiger partial charge in [-0.15, -0.1) is 0 Å². The molecule has 0 aliphatic carbocycles. The first-order chi connectivity index (χ1) is 22.2. The summed E-state index contributed by atoms with van der Waals surface area (Å²) in [5.41, 5.74) is 4.71. The molecular formula is C33H32Cl3F2N7O2. The molecule has 2 aliphatic heterocycles. The fraction of sp³-hybridized carbons (Fsp3) is 0.333. The van der Waals surface area contributed by atoms with Gasteiger partial charge in [-0.05, 0) is 56.7 Å². The van der Waals surface area contributed by atoms with Crippen molar-refractivity contribution in [3.8, 4) is 17.3 Å². The quantitative estimate of drug-likeness (QED) is 0.131. The monoisotopic (exact) mass is 701 g/mol. The highest BCUT2D eigenvalue weighted by Crippen LogP contribution is 2.44. The molecule has 1 fully saturated rings. The topological polar surface area (TPSA) is 120 Å². The second kappa shape index (κ2) is 12.8. The van der Waals surface area contributed by atoms with Gasteiger partial charge >= 0.3 is 0 Å². The van der Waals surface area contributed by atoms with Gasteiger partial charge in [0.05, 0.1) is 49.4 Å². The van der Waals surface area contributed by atoms with Crippen molar-refractivity contribution in [3.05, 3.63) is 79.2 Å². The number of carbonyl (C=O) groups is 1. The first-order valence-corrected chi connectivity index (χ1v) is 15.9. The molecule has 0 saturated carbocycles. The number of benzene rings is 1. The van der Waals surface area contributed by atoms with Gasteiger partial charge in [0, 0.05) is 30.6 Å². The first-order valence-electron chi connectivity index (χ1n) is 14.8. The second-order valence-electron chi connectivity index (χ2n) is 12.1. The molecule has 1 aromatic carbocycles. The number of pyridine rings is 2. The lowest BCUT2D eigenvalue weighted by Gasteiger charge is -2.45. The molecule has 246 valence electrons. The van der Waals surface area contributed by atoms with Crippen molar-refractivity contribution in [3.63, 3.8) is 0 Å². The lowest BCUT2D eigenvalue weighted by Crippen LogP contribution is -2.58. The lowest BCUT2D eigenvalue weighted by atomic mass is 9.94. The number of nitrogens with two attached hydrogens (primary N) is 1. The number of nitrogen functional groups attached to an aromatic ring is 1. The minimum Gasteiger partial charge on any atom is -0.395 e. The number of dihydropyridines is 1. The van der Waals surface area contributed by atoms with Crippen LogP contribution in [0.4, 0.5) is 20.2 Å². The van der Waals surface area contributed by atoms with Gasteiger partial charge in [0.25, 0.3) is 5.56 Å². The zero-order chi connectivity index (χ0) is 34.6. The third-order valence-corrected chi connectivity index (χ3v) is 9.73. The summed E-state index contributed by atoms with van der Waals surface area (Å²) in [5.74, 6) is -2.74. The zero-order valence-electron chi connectivity index (χ0n) is 26.3. The Labute approximate surface area is 285 Å². The van der Waals surface area contributed by atoms with Crippen LogP contribution in [-0.2, 0) is 4.79 Å². The Bertz CT molecular complexity index is 1980. The average molecular weight is 703 g/mol. The molecule has 3 aromatic rings. The molecule has 47 heavy (non-hydrogen) atoms. The number of nitriles is 1. The van der Waals surface area contributed by atoms with Crippen molar-refractivity contribution in [1.29, 1.82) is 5.26 Å². The van der Waals surface area contributed by atoms with Gasteiger partial charge in [-0.3, -0.25) is 14.2 Å². The molecule has 3 atom stereocenters. The number of rotatable bonds is 5. The Morgan fingerprint density at radius 3 is 2.40 bits per heavy atom. The molecule has 2 aromatic heterocycles. The highest BCUT2D eigenvalue weighted by Gasteiger charge is 2.36. The molecule has 2 aliphatic rings. The van der Waals surface area contributed by atoms with Gasteiger partial charge in [-0.1, -0.05) is 55.2 Å². The maximum Gasteiger partial charge on any atom is 0.276 e. The number of hydrogen-bond donors (Lipinski definition) is 2. The summed E-state index contributed by atoms with van der Waals surface area (Å²) in [6.07, 6.45) is 4.79. The van der Waals surface area contributed by atoms with E-state index in [-0.39, 0.29) is 70.0 Å². The van der Waals surface area contributed by atoms with Crippen LogP contribution in [0.2, 0.25) is 15.1 Å². The number of hydrogen-bond acceptors (Lipinski definition) is 7. The van der Waals surface area contributed by atoms with Crippen LogP contribution >= 0.6 is 34.8 Å². The van der Waals surface area contributed by atoms with Crippen LogP contribution in [0.3, 0.4) is 0 Å². The second-order valence-corrected chi connectivity index (χ2v) is 13.2. The molecule has 1 amide bonds. The van der Waals surface area contributed by atoms with Crippen molar-refractivity contribution < 1.29 is 13.6 Å². The number of nitrogens with one attached hydrogen (secondary N) is 1. The molecule has 1 unspecified atom stereocenters. The number of fused-ring (bicyclic) bond motifs is 1. The predicted molar refractivity (Wildman–Crippen MR) is 183 cm³/mol. The SMILES string of the molecule is C=CC(=O)N1[C@H](C)CN(c2c(C#N)c(=O)n(C3=C(C)C=CNC3C(C)C)c3nc(-c4c(F)c(N)c(Cl)c(Cl)c4F)c(Cl)cc23)C[C@@H]1C. The van der Waals surface area contributed by atoms with Crippen LogP contribution in [0, 0.1) is 28.9 Å². The van der Waals surface area contributed by atoms with E-state index < -0.39 is 44.5 Å². The van der Waals surface area contributed by atoms with Crippen LogP contribution in [0.15, 0.2) is 41.4 Å². The lowest BCUT2D eigenvalue weighted by molar-refractivity contribution is -0.130. The summed E-state index contributed by atoms with van der Waals surface area (Å²) in [7, 11) is 0. The van der Waals surface area contributed by atoms with Crippen LogP contribution in [-0.4, -0.2) is 51.6 Å². The summed E-state index contributed by atoms with van der Waals surface area (Å²) in [4.78, 5) is 35.4. The smallest absolute Gasteiger partial charge is 0.276 e. The van der Waals surface area contributed by atoms with Crippen molar-refractivity contribution in [2.24, 2.45) is 5.92 Å². The Hall–Kier alpha value is -4.11. The van der Waals surface area contributed by atoms with E-state index in [1.807, 2.05) is 39.5 Å². The molecule has 9 nitrogen and oxygen atoms in total. The van der Waals surface area contributed by atoms with Gasteiger partial charge in [0.1, 0.15) is 17.3 Å². The van der Waals surface area contributed by atoms with Crippen LogP contribution < -0.4 is 21.5 Å². The first kappa shape index (κ1) is 34.2. The van der Waals surface area contributed by atoms with E-state index in [4.69, 9.17) is 40.5 Å². The maximum atomic E-state index is 15.6. The minimum absolute atomic E-state index is 0.00570. The summed E-state index contributed by atoms with van der Waals surface area (Å²) in [6.45, 7) is 13.6. The van der Waals surface area contributed by atoms with E-state index in [1.54, 1.807) is 17.2 Å². The molecule has 4 heterocycles. The standard InChI is InChI=1S/C33H32Cl3F2N7O2/c1-7-21(46)44-16(5)12-43(13-17(44)6)31-18-10-20(34)29(22-25(37)23(35)24(36)27(40)26(22)38)42-32(18)45(33(47)19(31)11-39)30-15(4)8-9-41-28(30)14(2)3/h7-10,14,16-17,28,41H,1,12-13,40H2,2-6H3/t16-,17+,28?. The molecule has 0 radical (unpaired) electrons. The van der Waals surface area contributed by atoms with Gasteiger partial charge in [-0.2, -0.15) is 5.26 Å². The van der Waals surface area contributed by atoms with Gasteiger partial charge in [0.15, 0.2) is 11.6 Å². The van der Waals surface area contributed by atoms with Gasteiger partial charge in [-0.25, -0.2) is 13.8 Å². The van der Waals surface area contributed by atoms with E-state index in [1.165, 1.54) is 16.7 Å². The number of nitrogens with zero attached hydrogens (tertiary/aromatic N) is 5. The van der Waals surface area contributed by atoms with Crippen LogP contribution in [0.25, 0.3) is 28.0 Å². The average Bonchev–Trinajstić information content (AvgIpc) is 3.02. The fourth-order valence-electron chi connectivity index (χ4n) is 6.51. The number of halogens is 5. The normalized spacial score (nSPS) is 19.7. The summed E-state index contributed by atoms with van der Waals surface area (Å²) in [6, 6.07) is 2.46. The Kier molecular flexibility index (Phi) is 9.34. The summed E-state index contributed by atoms with van der Waals surface area (Å²) >= 11 is 18.8. The molecular weight excluding hydrogens is 671 g/mol. The van der Waals surface area contributed by atoms with E-state index in [2.05, 4.69) is 22.9 Å². The molecule has 0 spiro atoms. The van der Waals surface area contributed by atoms with E-state index >= 15 is 8.78 Å². The zero-order valence-corrected chi connectivity index (χ0v) is 28.5. The van der Waals surface area contributed by atoms with E-state index in [9.17, 15) is 14.9 Å². The van der Waals surface area contributed by atoms with Crippen LogP contribution in [0.1, 0.15) is 40.2 Å². The Balaban J connectivity index is 1.92. The number of aromatic nitrogens is 2. The number of anilines is 2. The third-order valence-electron chi connectivity index (χ3n) is 8.60. The largest absolute Gasteiger partial charge is 0.395 e. The summed E-state index contributed by atoms with van der Waals surface area (Å²) < 4.78 is 32.6. The highest BCUT2D eigenvalue weighted by molar-refractivity contribution is 6.44. The molecule has 0 bridgehead atoms. The van der Waals surface area contributed by atoms with E-state index in [0.717, 1.165) is 0 Å². The van der Waals surface area contributed by atoms with Crippen molar-refractivity contribution in [2.75, 3.05) is 23.7 Å². The van der Waals surface area contributed by atoms with Crippen LogP contribution in [0.5, 0.6) is 0 Å². The third kappa shape index (κ3) is 5.52. The molecule has 1 saturated heterocycles. The molecule has 5 rings (SSSR count). The Morgan fingerprint density at radius 2 is 1.83 bits per heavy atom. The van der Waals surface area contributed by atoms with Crippen molar-refractivity contribution >= 4 is 68.8 Å². The van der Waals surface area contributed by atoms with Gasteiger partial charge in [0.2, 0.25) is 5.91 Å². The number of carbonyl (C=O) groups excluding carboxylic acids is 1. The van der Waals surface area contributed by atoms with Crippen molar-refractivity contribution in [2.45, 2.75) is 52.7 Å². The maximum absolute atomic E-state index is 15.6.